The Morgan fingerprint density at radius 1 is 0.800 bits per heavy atom. The molecule has 0 aliphatic carbocycles. The first-order chi connectivity index (χ1) is 9.43. The van der Waals surface area contributed by atoms with Gasteiger partial charge < -0.3 is 29.6 Å². The molecular weight excluding hydrogens is 268 g/mol. The zero-order chi connectivity index (χ0) is 14.6. The maximum atomic E-state index is 12.3. The van der Waals surface area contributed by atoms with Gasteiger partial charge in [-0.1, -0.05) is 0 Å². The SMILES string of the molecule is O=C([O-])C1CCC2C(=O)N3C(C(=O)[O-])CCC3C(=O)N12. The van der Waals surface area contributed by atoms with E-state index in [0.29, 0.717) is 0 Å². The van der Waals surface area contributed by atoms with Crippen molar-refractivity contribution in [1.82, 2.24) is 9.80 Å². The van der Waals surface area contributed by atoms with Crippen LogP contribution in [0.15, 0.2) is 0 Å². The molecule has 4 atom stereocenters. The van der Waals surface area contributed by atoms with Crippen LogP contribution in [0.5, 0.6) is 0 Å². The lowest BCUT2D eigenvalue weighted by atomic mass is 10.1. The fraction of sp³-hybridized carbons (Fsp3) is 0.667. The summed E-state index contributed by atoms with van der Waals surface area (Å²) in [6.07, 6.45) is 0.737. The number of carboxylic acid groups (broad SMARTS) is 2. The van der Waals surface area contributed by atoms with Crippen LogP contribution in [0.1, 0.15) is 25.7 Å². The molecule has 2 amide bonds. The second kappa shape index (κ2) is 4.19. The summed E-state index contributed by atoms with van der Waals surface area (Å²) in [5, 5.41) is 22.1. The number of rotatable bonds is 2. The van der Waals surface area contributed by atoms with Gasteiger partial charge in [0.1, 0.15) is 12.1 Å². The average molecular weight is 280 g/mol. The molecule has 3 fully saturated rings. The van der Waals surface area contributed by atoms with Crippen LogP contribution in [0.25, 0.3) is 0 Å². The van der Waals surface area contributed by atoms with Crippen LogP contribution >= 0.6 is 0 Å². The molecule has 108 valence electrons. The van der Waals surface area contributed by atoms with E-state index in [9.17, 15) is 29.4 Å². The number of carboxylic acids is 2. The van der Waals surface area contributed by atoms with Crippen LogP contribution in [-0.4, -0.2) is 57.7 Å². The Morgan fingerprint density at radius 2 is 1.15 bits per heavy atom. The van der Waals surface area contributed by atoms with Gasteiger partial charge in [0.15, 0.2) is 0 Å². The molecule has 3 saturated heterocycles. The molecule has 0 spiro atoms. The Labute approximate surface area is 113 Å². The number of amides is 2. The first kappa shape index (κ1) is 12.9. The van der Waals surface area contributed by atoms with Crippen molar-refractivity contribution in [3.8, 4) is 0 Å². The first-order valence-corrected chi connectivity index (χ1v) is 6.49. The molecule has 0 aromatic heterocycles. The zero-order valence-electron chi connectivity index (χ0n) is 10.5. The lowest BCUT2D eigenvalue weighted by Gasteiger charge is -2.43. The number of carbonyl (C=O) groups excluding carboxylic acids is 4. The highest BCUT2D eigenvalue weighted by Gasteiger charge is 2.55. The Balaban J connectivity index is 1.95. The predicted molar refractivity (Wildman–Crippen MR) is 57.3 cm³/mol. The number of hydrogen-bond acceptors (Lipinski definition) is 6. The van der Waals surface area contributed by atoms with E-state index in [1.54, 1.807) is 0 Å². The fourth-order valence-corrected chi connectivity index (χ4v) is 3.53. The van der Waals surface area contributed by atoms with Crippen LogP contribution < -0.4 is 10.2 Å². The Morgan fingerprint density at radius 3 is 1.45 bits per heavy atom. The molecule has 0 aromatic carbocycles. The van der Waals surface area contributed by atoms with Gasteiger partial charge in [-0.05, 0) is 25.7 Å². The molecule has 20 heavy (non-hydrogen) atoms. The normalized spacial score (nSPS) is 36.0. The fourth-order valence-electron chi connectivity index (χ4n) is 3.53. The van der Waals surface area contributed by atoms with Crippen molar-refractivity contribution >= 4 is 23.8 Å². The number of carbonyl (C=O) groups is 4. The first-order valence-electron chi connectivity index (χ1n) is 6.49. The topological polar surface area (TPSA) is 121 Å². The van der Waals surface area contributed by atoms with Crippen molar-refractivity contribution in [2.75, 3.05) is 0 Å². The Kier molecular flexibility index (Phi) is 2.70. The molecule has 3 aliphatic rings. The van der Waals surface area contributed by atoms with Crippen LogP contribution in [0.2, 0.25) is 0 Å². The average Bonchev–Trinajstić information content (AvgIpc) is 3.00. The summed E-state index contributed by atoms with van der Waals surface area (Å²) in [5.41, 5.74) is 0. The molecule has 0 aromatic rings. The highest BCUT2D eigenvalue weighted by Crippen LogP contribution is 2.37. The third-order valence-electron chi connectivity index (χ3n) is 4.39. The third-order valence-corrected chi connectivity index (χ3v) is 4.39. The van der Waals surface area contributed by atoms with Gasteiger partial charge in [-0.25, -0.2) is 0 Å². The van der Waals surface area contributed by atoms with Crippen LogP contribution in [-0.2, 0) is 19.2 Å². The molecule has 3 aliphatic heterocycles. The number of piperazine rings is 1. The number of nitrogens with zero attached hydrogens (tertiary/aromatic N) is 2. The van der Waals surface area contributed by atoms with Gasteiger partial charge in [-0.15, -0.1) is 0 Å². The summed E-state index contributed by atoms with van der Waals surface area (Å²) in [7, 11) is 0. The van der Waals surface area contributed by atoms with Crippen molar-refractivity contribution in [1.29, 1.82) is 0 Å². The minimum Gasteiger partial charge on any atom is -0.548 e. The van der Waals surface area contributed by atoms with Gasteiger partial charge >= 0.3 is 0 Å². The van der Waals surface area contributed by atoms with E-state index < -0.39 is 47.9 Å². The molecule has 0 bridgehead atoms. The maximum Gasteiger partial charge on any atom is 0.246 e. The second-order valence-corrected chi connectivity index (χ2v) is 5.35. The lowest BCUT2D eigenvalue weighted by Crippen LogP contribution is -2.66. The predicted octanol–water partition coefficient (Wildman–Crippen LogP) is -3.78. The smallest absolute Gasteiger partial charge is 0.246 e. The summed E-state index contributed by atoms with van der Waals surface area (Å²) in [6, 6.07) is -3.97. The van der Waals surface area contributed by atoms with Gasteiger partial charge in [-0.2, -0.15) is 0 Å². The van der Waals surface area contributed by atoms with Crippen LogP contribution in [0.4, 0.5) is 0 Å². The molecule has 8 heteroatoms. The largest absolute Gasteiger partial charge is 0.548 e. The van der Waals surface area contributed by atoms with Crippen LogP contribution in [0, 0.1) is 0 Å². The minimum absolute atomic E-state index is 0.154. The van der Waals surface area contributed by atoms with Gasteiger partial charge in [0.25, 0.3) is 0 Å². The quantitative estimate of drug-likeness (QED) is 0.511. The van der Waals surface area contributed by atoms with Gasteiger partial charge in [0, 0.05) is 0 Å². The van der Waals surface area contributed by atoms with E-state index in [0.717, 1.165) is 9.80 Å². The maximum absolute atomic E-state index is 12.3. The molecular formula is C12H12N2O6-2. The van der Waals surface area contributed by atoms with Gasteiger partial charge in [0.2, 0.25) is 11.8 Å². The van der Waals surface area contributed by atoms with E-state index in [-0.39, 0.29) is 25.7 Å². The summed E-state index contributed by atoms with van der Waals surface area (Å²) in [5.74, 6) is -3.75. The second-order valence-electron chi connectivity index (χ2n) is 5.35. The standard InChI is InChI=1S/C12H14N2O6/c15-9-5-1-3-7(11(17)18)13(5)10(16)6-2-4-8(12(19)20)14(6)9/h5-8H,1-4H2,(H,17,18)(H,19,20)/p-2. The summed E-state index contributed by atoms with van der Waals surface area (Å²) in [6.45, 7) is 0. The Hall–Kier alpha value is -2.12. The van der Waals surface area contributed by atoms with E-state index in [1.807, 2.05) is 0 Å². The molecule has 3 heterocycles. The van der Waals surface area contributed by atoms with Crippen molar-refractivity contribution < 1.29 is 29.4 Å². The highest BCUT2D eigenvalue weighted by molar-refractivity contribution is 6.02. The highest BCUT2D eigenvalue weighted by atomic mass is 16.4. The molecule has 0 radical (unpaired) electrons. The van der Waals surface area contributed by atoms with Gasteiger partial charge in [-0.3, -0.25) is 9.59 Å². The Bertz CT molecular complexity index is 472. The number of fused-ring (bicyclic) bond motifs is 2. The minimum atomic E-state index is -1.38. The zero-order valence-corrected chi connectivity index (χ0v) is 10.5. The molecule has 8 nitrogen and oxygen atoms in total. The number of hydrogen-bond donors (Lipinski definition) is 0. The summed E-state index contributed by atoms with van der Waals surface area (Å²) < 4.78 is 0. The van der Waals surface area contributed by atoms with Crippen molar-refractivity contribution in [2.45, 2.75) is 49.9 Å². The molecule has 4 unspecified atom stereocenters. The monoisotopic (exact) mass is 280 g/mol. The van der Waals surface area contributed by atoms with E-state index in [2.05, 4.69) is 0 Å². The van der Waals surface area contributed by atoms with E-state index in [4.69, 9.17) is 0 Å². The lowest BCUT2D eigenvalue weighted by molar-refractivity contribution is -0.313. The third kappa shape index (κ3) is 1.53. The van der Waals surface area contributed by atoms with E-state index >= 15 is 0 Å². The summed E-state index contributed by atoms with van der Waals surface area (Å²) in [4.78, 5) is 48.9. The molecule has 0 saturated carbocycles. The van der Waals surface area contributed by atoms with Crippen molar-refractivity contribution in [3.63, 3.8) is 0 Å². The van der Waals surface area contributed by atoms with Crippen molar-refractivity contribution in [3.05, 3.63) is 0 Å². The number of aliphatic carboxylic acids is 2. The molecule has 0 N–H and O–H groups in total. The van der Waals surface area contributed by atoms with Crippen molar-refractivity contribution in [2.24, 2.45) is 0 Å². The van der Waals surface area contributed by atoms with Gasteiger partial charge in [0.05, 0.1) is 24.0 Å². The van der Waals surface area contributed by atoms with E-state index in [1.165, 1.54) is 0 Å². The molecule has 3 rings (SSSR count). The summed E-state index contributed by atoms with van der Waals surface area (Å²) >= 11 is 0. The van der Waals surface area contributed by atoms with Crippen LogP contribution in [0.3, 0.4) is 0 Å².